The van der Waals surface area contributed by atoms with E-state index in [-0.39, 0.29) is 5.91 Å². The third-order valence-electron chi connectivity index (χ3n) is 6.42. The smallest absolute Gasteiger partial charge is 0.242 e. The van der Waals surface area contributed by atoms with Gasteiger partial charge >= 0.3 is 0 Å². The quantitative estimate of drug-likeness (QED) is 0.538. The SMILES string of the molecule is O=C(Cn1ccc2ccccc21)N1CC[NH+](C(c2ccccc2)c2ccccc2)CC1. The van der Waals surface area contributed by atoms with Crippen molar-refractivity contribution >= 4 is 16.8 Å². The second-order valence-corrected chi connectivity index (χ2v) is 8.30. The molecule has 0 atom stereocenters. The zero-order valence-corrected chi connectivity index (χ0v) is 17.7. The number of carbonyl (C=O) groups excluding carboxylic acids is 1. The van der Waals surface area contributed by atoms with Crippen LogP contribution in [0.2, 0.25) is 0 Å². The molecule has 4 aromatic rings. The molecule has 2 heterocycles. The molecule has 0 unspecified atom stereocenters. The summed E-state index contributed by atoms with van der Waals surface area (Å²) in [6.45, 7) is 3.90. The van der Waals surface area contributed by atoms with Crippen molar-refractivity contribution in [3.05, 3.63) is 108 Å². The number of carbonyl (C=O) groups is 1. The first-order valence-corrected chi connectivity index (χ1v) is 11.1. The zero-order valence-electron chi connectivity index (χ0n) is 17.7. The van der Waals surface area contributed by atoms with Crippen LogP contribution in [0, 0.1) is 0 Å². The van der Waals surface area contributed by atoms with Gasteiger partial charge in [0.2, 0.25) is 5.91 Å². The van der Waals surface area contributed by atoms with E-state index in [2.05, 4.69) is 83.4 Å². The maximum absolute atomic E-state index is 13.0. The highest BCUT2D eigenvalue weighted by atomic mass is 16.2. The average molecular weight is 411 g/mol. The van der Waals surface area contributed by atoms with Gasteiger partial charge in [-0.15, -0.1) is 0 Å². The molecule has 3 aromatic carbocycles. The molecule has 1 aliphatic heterocycles. The van der Waals surface area contributed by atoms with Gasteiger partial charge in [0, 0.05) is 22.8 Å². The van der Waals surface area contributed by atoms with E-state index < -0.39 is 0 Å². The second-order valence-electron chi connectivity index (χ2n) is 8.30. The Bertz CT molecular complexity index is 1110. The lowest BCUT2D eigenvalue weighted by Crippen LogP contribution is -3.15. The molecule has 31 heavy (non-hydrogen) atoms. The molecule has 1 amide bonds. The van der Waals surface area contributed by atoms with Gasteiger partial charge in [-0.1, -0.05) is 78.9 Å². The summed E-state index contributed by atoms with van der Waals surface area (Å²) in [5.41, 5.74) is 3.79. The predicted molar refractivity (Wildman–Crippen MR) is 124 cm³/mol. The van der Waals surface area contributed by atoms with E-state index in [0.29, 0.717) is 12.6 Å². The number of hydrogen-bond acceptors (Lipinski definition) is 1. The van der Waals surface area contributed by atoms with Crippen LogP contribution < -0.4 is 4.90 Å². The fourth-order valence-corrected chi connectivity index (χ4v) is 4.81. The van der Waals surface area contributed by atoms with E-state index in [1.807, 2.05) is 23.2 Å². The average Bonchev–Trinajstić information content (AvgIpc) is 3.24. The maximum atomic E-state index is 13.0. The van der Waals surface area contributed by atoms with Gasteiger partial charge < -0.3 is 14.4 Å². The van der Waals surface area contributed by atoms with Crippen LogP contribution in [-0.4, -0.2) is 41.6 Å². The van der Waals surface area contributed by atoms with E-state index in [1.165, 1.54) is 21.4 Å². The lowest BCUT2D eigenvalue weighted by atomic mass is 9.96. The first-order valence-electron chi connectivity index (χ1n) is 11.1. The van der Waals surface area contributed by atoms with Gasteiger partial charge in [-0.25, -0.2) is 0 Å². The summed E-state index contributed by atoms with van der Waals surface area (Å²) in [6, 6.07) is 32.1. The minimum absolute atomic E-state index is 0.205. The molecule has 1 N–H and O–H groups in total. The fourth-order valence-electron chi connectivity index (χ4n) is 4.81. The Balaban J connectivity index is 1.29. The molecule has 0 saturated carbocycles. The van der Waals surface area contributed by atoms with Crippen molar-refractivity contribution in [2.45, 2.75) is 12.6 Å². The summed E-state index contributed by atoms with van der Waals surface area (Å²) in [5, 5.41) is 1.18. The predicted octanol–water partition coefficient (Wildman–Crippen LogP) is 3.16. The molecule has 0 radical (unpaired) electrons. The van der Waals surface area contributed by atoms with Crippen LogP contribution in [-0.2, 0) is 11.3 Å². The fraction of sp³-hybridized carbons (Fsp3) is 0.222. The van der Waals surface area contributed by atoms with Gasteiger partial charge in [0.05, 0.1) is 26.2 Å². The first-order chi connectivity index (χ1) is 15.3. The summed E-state index contributed by atoms with van der Waals surface area (Å²) in [5.74, 6) is 0.205. The highest BCUT2D eigenvalue weighted by Crippen LogP contribution is 2.19. The number of amides is 1. The topological polar surface area (TPSA) is 29.7 Å². The Hall–Kier alpha value is -3.37. The Morgan fingerprint density at radius 1 is 0.774 bits per heavy atom. The number of fused-ring (bicyclic) bond motifs is 1. The van der Waals surface area contributed by atoms with Crippen molar-refractivity contribution in [2.24, 2.45) is 0 Å². The van der Waals surface area contributed by atoms with Gasteiger partial charge in [-0.2, -0.15) is 0 Å². The maximum Gasteiger partial charge on any atom is 0.242 e. The summed E-state index contributed by atoms with van der Waals surface area (Å²) in [6.07, 6.45) is 2.02. The lowest BCUT2D eigenvalue weighted by Gasteiger charge is -2.37. The monoisotopic (exact) mass is 410 g/mol. The molecular weight excluding hydrogens is 382 g/mol. The molecule has 0 spiro atoms. The molecule has 4 heteroatoms. The normalized spacial score (nSPS) is 14.9. The summed E-state index contributed by atoms with van der Waals surface area (Å²) >= 11 is 0. The number of aromatic nitrogens is 1. The zero-order chi connectivity index (χ0) is 21.0. The number of nitrogens with zero attached hydrogens (tertiary/aromatic N) is 2. The van der Waals surface area contributed by atoms with Gasteiger partial charge in [-0.3, -0.25) is 4.79 Å². The van der Waals surface area contributed by atoms with E-state index in [0.717, 1.165) is 31.7 Å². The minimum Gasteiger partial charge on any atom is -0.338 e. The van der Waals surface area contributed by atoms with E-state index in [4.69, 9.17) is 0 Å². The number of hydrogen-bond donors (Lipinski definition) is 1. The summed E-state index contributed by atoms with van der Waals surface area (Å²) in [7, 11) is 0. The van der Waals surface area contributed by atoms with Crippen LogP contribution in [0.1, 0.15) is 17.2 Å². The molecule has 1 saturated heterocycles. The van der Waals surface area contributed by atoms with Gasteiger partial charge in [0.15, 0.2) is 0 Å². The Morgan fingerprint density at radius 2 is 1.35 bits per heavy atom. The number of para-hydroxylation sites is 1. The van der Waals surface area contributed by atoms with E-state index in [1.54, 1.807) is 0 Å². The molecule has 4 nitrogen and oxygen atoms in total. The van der Waals surface area contributed by atoms with Gasteiger partial charge in [0.1, 0.15) is 12.6 Å². The van der Waals surface area contributed by atoms with E-state index >= 15 is 0 Å². The third-order valence-corrected chi connectivity index (χ3v) is 6.42. The van der Waals surface area contributed by atoms with E-state index in [9.17, 15) is 4.79 Å². The van der Waals surface area contributed by atoms with Crippen molar-refractivity contribution in [3.8, 4) is 0 Å². The summed E-state index contributed by atoms with van der Waals surface area (Å²) in [4.78, 5) is 16.6. The van der Waals surface area contributed by atoms with Crippen LogP contribution in [0.3, 0.4) is 0 Å². The molecule has 0 aliphatic carbocycles. The van der Waals surface area contributed by atoms with Crippen molar-refractivity contribution in [1.29, 1.82) is 0 Å². The highest BCUT2D eigenvalue weighted by molar-refractivity contribution is 5.83. The molecular formula is C27H28N3O+. The number of piperazine rings is 1. The first kappa shape index (κ1) is 19.6. The van der Waals surface area contributed by atoms with Crippen molar-refractivity contribution in [3.63, 3.8) is 0 Å². The molecule has 0 bridgehead atoms. The Kier molecular flexibility index (Phi) is 5.55. The summed E-state index contributed by atoms with van der Waals surface area (Å²) < 4.78 is 2.06. The second kappa shape index (κ2) is 8.78. The van der Waals surface area contributed by atoms with Crippen LogP contribution in [0.5, 0.6) is 0 Å². The number of rotatable bonds is 5. The molecule has 5 rings (SSSR count). The molecule has 1 fully saturated rings. The number of nitrogens with one attached hydrogen (secondary N) is 1. The molecule has 156 valence electrons. The van der Waals surface area contributed by atoms with Crippen LogP contribution in [0.25, 0.3) is 10.9 Å². The van der Waals surface area contributed by atoms with Crippen molar-refractivity contribution < 1.29 is 9.69 Å². The highest BCUT2D eigenvalue weighted by Gasteiger charge is 2.31. The van der Waals surface area contributed by atoms with Crippen LogP contribution >= 0.6 is 0 Å². The molecule has 1 aliphatic rings. The number of quaternary nitrogens is 1. The van der Waals surface area contributed by atoms with Crippen LogP contribution in [0.4, 0.5) is 0 Å². The van der Waals surface area contributed by atoms with Gasteiger partial charge in [0.25, 0.3) is 0 Å². The minimum atomic E-state index is 0.205. The Labute approximate surface area is 183 Å². The lowest BCUT2D eigenvalue weighted by molar-refractivity contribution is -0.929. The van der Waals surface area contributed by atoms with Crippen molar-refractivity contribution in [2.75, 3.05) is 26.2 Å². The number of benzene rings is 3. The van der Waals surface area contributed by atoms with Crippen LogP contribution in [0.15, 0.2) is 97.2 Å². The van der Waals surface area contributed by atoms with Crippen molar-refractivity contribution in [1.82, 2.24) is 9.47 Å². The third kappa shape index (κ3) is 4.12. The molecule has 1 aromatic heterocycles. The van der Waals surface area contributed by atoms with Gasteiger partial charge in [-0.05, 0) is 17.5 Å². The Morgan fingerprint density at radius 3 is 2.00 bits per heavy atom. The standard InChI is InChI=1S/C27H27N3O/c31-26(21-30-16-15-22-9-7-8-14-25(22)30)28-17-19-29(20-18-28)27(23-10-3-1-4-11-23)24-12-5-2-6-13-24/h1-16,27H,17-21H2/p+1. The largest absolute Gasteiger partial charge is 0.338 e.